The number of aromatic amines is 1. The predicted molar refractivity (Wildman–Crippen MR) is 101 cm³/mol. The number of hydrogen-bond acceptors (Lipinski definition) is 5. The van der Waals surface area contributed by atoms with E-state index in [-0.39, 0.29) is 18.2 Å². The zero-order valence-electron chi connectivity index (χ0n) is 14.9. The summed E-state index contributed by atoms with van der Waals surface area (Å²) in [7, 11) is 0. The third-order valence-electron chi connectivity index (χ3n) is 3.88. The average molecular weight is 364 g/mol. The summed E-state index contributed by atoms with van der Waals surface area (Å²) in [5.41, 5.74) is 2.47. The minimum atomic E-state index is -0.347. The molecule has 0 radical (unpaired) electrons. The standard InChI is InChI=1S/C19H20N6O2/c1-13-5-2-3-7-15(13)22-18(27)11-17(26)21-10-8-16-23-19(25-24-16)14-6-4-9-20-12-14/h2-7,9,12H,8,10-11H2,1H3,(H,21,26)(H,22,27)(H,23,24,25). The van der Waals surface area contributed by atoms with E-state index in [1.54, 1.807) is 18.5 Å². The number of benzene rings is 1. The van der Waals surface area contributed by atoms with Crippen molar-refractivity contribution >= 4 is 17.5 Å². The van der Waals surface area contributed by atoms with Crippen LogP contribution in [0.3, 0.4) is 0 Å². The number of carbonyl (C=O) groups excluding carboxylic acids is 2. The van der Waals surface area contributed by atoms with Crippen LogP contribution in [-0.2, 0) is 16.0 Å². The molecule has 138 valence electrons. The minimum Gasteiger partial charge on any atom is -0.355 e. The zero-order chi connectivity index (χ0) is 19.1. The van der Waals surface area contributed by atoms with E-state index < -0.39 is 0 Å². The molecule has 0 atom stereocenters. The molecule has 3 aromatic rings. The molecule has 27 heavy (non-hydrogen) atoms. The Morgan fingerprint density at radius 3 is 2.74 bits per heavy atom. The summed E-state index contributed by atoms with van der Waals surface area (Å²) in [6.07, 6.45) is 3.62. The van der Waals surface area contributed by atoms with Gasteiger partial charge in [-0.3, -0.25) is 19.7 Å². The van der Waals surface area contributed by atoms with Crippen LogP contribution in [0.15, 0.2) is 48.8 Å². The van der Waals surface area contributed by atoms with Crippen molar-refractivity contribution in [1.82, 2.24) is 25.5 Å². The highest BCUT2D eigenvalue weighted by molar-refractivity contribution is 6.03. The van der Waals surface area contributed by atoms with Crippen LogP contribution in [-0.4, -0.2) is 38.5 Å². The van der Waals surface area contributed by atoms with Crippen LogP contribution in [0.4, 0.5) is 5.69 Å². The van der Waals surface area contributed by atoms with Crippen LogP contribution in [0.5, 0.6) is 0 Å². The molecular formula is C19H20N6O2. The second kappa shape index (κ2) is 8.70. The quantitative estimate of drug-likeness (QED) is 0.554. The first-order chi connectivity index (χ1) is 13.1. The molecule has 0 aliphatic heterocycles. The number of pyridine rings is 1. The van der Waals surface area contributed by atoms with E-state index in [9.17, 15) is 9.59 Å². The maximum Gasteiger partial charge on any atom is 0.233 e. The summed E-state index contributed by atoms with van der Waals surface area (Å²) >= 11 is 0. The number of nitrogens with one attached hydrogen (secondary N) is 3. The number of anilines is 1. The lowest BCUT2D eigenvalue weighted by molar-refractivity contribution is -0.126. The van der Waals surface area contributed by atoms with Crippen LogP contribution in [0.25, 0.3) is 11.4 Å². The lowest BCUT2D eigenvalue weighted by Crippen LogP contribution is -2.30. The summed E-state index contributed by atoms with van der Waals surface area (Å²) < 4.78 is 0. The molecule has 2 amide bonds. The van der Waals surface area contributed by atoms with Crippen molar-refractivity contribution in [3.05, 3.63) is 60.2 Å². The molecule has 0 aliphatic carbocycles. The predicted octanol–water partition coefficient (Wildman–Crippen LogP) is 1.86. The van der Waals surface area contributed by atoms with Gasteiger partial charge in [-0.2, -0.15) is 5.10 Å². The van der Waals surface area contributed by atoms with Crippen molar-refractivity contribution in [2.45, 2.75) is 19.8 Å². The molecule has 8 heteroatoms. The molecule has 0 bridgehead atoms. The third kappa shape index (κ3) is 5.21. The Hall–Kier alpha value is -3.55. The van der Waals surface area contributed by atoms with Crippen molar-refractivity contribution < 1.29 is 9.59 Å². The smallest absolute Gasteiger partial charge is 0.233 e. The van der Waals surface area contributed by atoms with Gasteiger partial charge in [0.05, 0.1) is 0 Å². The minimum absolute atomic E-state index is 0.230. The normalized spacial score (nSPS) is 10.4. The van der Waals surface area contributed by atoms with E-state index in [0.717, 1.165) is 11.1 Å². The lowest BCUT2D eigenvalue weighted by atomic mass is 10.2. The van der Waals surface area contributed by atoms with E-state index in [1.807, 2.05) is 37.3 Å². The Morgan fingerprint density at radius 1 is 1.11 bits per heavy atom. The van der Waals surface area contributed by atoms with E-state index in [1.165, 1.54) is 0 Å². The number of amides is 2. The van der Waals surface area contributed by atoms with Crippen molar-refractivity contribution in [2.75, 3.05) is 11.9 Å². The van der Waals surface area contributed by atoms with Gasteiger partial charge in [-0.15, -0.1) is 0 Å². The van der Waals surface area contributed by atoms with Crippen LogP contribution in [0, 0.1) is 6.92 Å². The van der Waals surface area contributed by atoms with Gasteiger partial charge in [0.15, 0.2) is 5.82 Å². The van der Waals surface area contributed by atoms with Crippen LogP contribution in [0.1, 0.15) is 17.8 Å². The van der Waals surface area contributed by atoms with E-state index in [4.69, 9.17) is 0 Å². The topological polar surface area (TPSA) is 113 Å². The fourth-order valence-electron chi connectivity index (χ4n) is 2.47. The Kier molecular flexibility index (Phi) is 5.88. The van der Waals surface area contributed by atoms with Crippen molar-refractivity contribution in [2.24, 2.45) is 0 Å². The van der Waals surface area contributed by atoms with Gasteiger partial charge in [0.2, 0.25) is 11.8 Å². The molecule has 0 saturated heterocycles. The second-order valence-corrected chi connectivity index (χ2v) is 5.99. The number of aryl methyl sites for hydroxylation is 1. The number of H-pyrrole nitrogens is 1. The van der Waals surface area contributed by atoms with Crippen molar-refractivity contribution in [3.63, 3.8) is 0 Å². The van der Waals surface area contributed by atoms with Gasteiger partial charge in [-0.25, -0.2) is 4.98 Å². The highest BCUT2D eigenvalue weighted by atomic mass is 16.2. The van der Waals surface area contributed by atoms with Gasteiger partial charge in [0.1, 0.15) is 12.2 Å². The van der Waals surface area contributed by atoms with Gasteiger partial charge >= 0.3 is 0 Å². The molecule has 3 rings (SSSR count). The van der Waals surface area contributed by atoms with Gasteiger partial charge in [-0.05, 0) is 30.7 Å². The van der Waals surface area contributed by atoms with Crippen molar-refractivity contribution in [1.29, 1.82) is 0 Å². The molecule has 2 aromatic heterocycles. The summed E-state index contributed by atoms with van der Waals surface area (Å²) in [4.78, 5) is 32.3. The molecule has 0 saturated carbocycles. The van der Waals surface area contributed by atoms with Crippen LogP contribution < -0.4 is 10.6 Å². The number of aromatic nitrogens is 4. The number of carbonyl (C=O) groups is 2. The number of hydrogen-bond donors (Lipinski definition) is 3. The Labute approximate surface area is 156 Å². The fraction of sp³-hybridized carbons (Fsp3) is 0.211. The zero-order valence-corrected chi connectivity index (χ0v) is 14.9. The SMILES string of the molecule is Cc1ccccc1NC(=O)CC(=O)NCCc1nc(-c2cccnc2)n[nH]1. The molecule has 2 heterocycles. The third-order valence-corrected chi connectivity index (χ3v) is 3.88. The monoisotopic (exact) mass is 364 g/mol. The first-order valence-electron chi connectivity index (χ1n) is 8.55. The largest absolute Gasteiger partial charge is 0.355 e. The van der Waals surface area contributed by atoms with E-state index in [2.05, 4.69) is 30.8 Å². The molecule has 8 nitrogen and oxygen atoms in total. The van der Waals surface area contributed by atoms with Gasteiger partial charge in [-0.1, -0.05) is 18.2 Å². The van der Waals surface area contributed by atoms with Gasteiger partial charge in [0, 0.05) is 36.6 Å². The van der Waals surface area contributed by atoms with Crippen molar-refractivity contribution in [3.8, 4) is 11.4 Å². The Bertz CT molecular complexity index is 923. The molecule has 0 fully saturated rings. The summed E-state index contributed by atoms with van der Waals surface area (Å²) in [6, 6.07) is 11.1. The average Bonchev–Trinajstić information content (AvgIpc) is 3.13. The molecular weight excluding hydrogens is 344 g/mol. The molecule has 1 aromatic carbocycles. The first-order valence-corrected chi connectivity index (χ1v) is 8.55. The van der Waals surface area contributed by atoms with E-state index >= 15 is 0 Å². The maximum absolute atomic E-state index is 12.0. The molecule has 3 N–H and O–H groups in total. The van der Waals surface area contributed by atoms with Gasteiger partial charge < -0.3 is 10.6 Å². The Morgan fingerprint density at radius 2 is 1.96 bits per heavy atom. The first kappa shape index (κ1) is 18.2. The molecule has 0 spiro atoms. The van der Waals surface area contributed by atoms with E-state index in [0.29, 0.717) is 30.3 Å². The molecule has 0 unspecified atom stereocenters. The number of nitrogens with zero attached hydrogens (tertiary/aromatic N) is 3. The maximum atomic E-state index is 12.0. The number of para-hydroxylation sites is 1. The molecule has 0 aliphatic rings. The number of rotatable bonds is 7. The highest BCUT2D eigenvalue weighted by Gasteiger charge is 2.11. The highest BCUT2D eigenvalue weighted by Crippen LogP contribution is 2.13. The lowest BCUT2D eigenvalue weighted by Gasteiger charge is -2.08. The van der Waals surface area contributed by atoms with Crippen LogP contribution in [0.2, 0.25) is 0 Å². The van der Waals surface area contributed by atoms with Gasteiger partial charge in [0.25, 0.3) is 0 Å². The second-order valence-electron chi connectivity index (χ2n) is 5.99. The fourth-order valence-corrected chi connectivity index (χ4v) is 2.47. The summed E-state index contributed by atoms with van der Waals surface area (Å²) in [5.74, 6) is 0.522. The summed E-state index contributed by atoms with van der Waals surface area (Å²) in [5, 5.41) is 12.4. The Balaban J connectivity index is 1.43. The van der Waals surface area contributed by atoms with Crippen LogP contribution >= 0.6 is 0 Å². The summed E-state index contributed by atoms with van der Waals surface area (Å²) in [6.45, 7) is 2.25.